The maximum Gasteiger partial charge on any atom is 0.252 e. The van der Waals surface area contributed by atoms with Crippen LogP contribution in [0.1, 0.15) is 91.6 Å². The van der Waals surface area contributed by atoms with E-state index in [0.717, 1.165) is 12.1 Å². The molecule has 0 amide bonds. The standard InChI is InChI=1S/C68H62BN3/c1-40-33-61-64-62(34-40)72(66-43(4)19-15-20-44(66)5)58-32-28-49(68(9,10)11)37-55(58)69(64)56-38-54-53-36-48(67(6,7)8)27-31-57(53)71(65-41(2)17-14-18-42(65)3)59(54)39-60(56)70(61)50-29-25-45(26-30-50)51-24-16-22-47-35-46-21-12-13-23-52(46)63(47)51/h12-34,36-39H,35H2,1-11H3. The van der Waals surface area contributed by atoms with Gasteiger partial charge in [-0.05, 0) is 189 Å². The monoisotopic (exact) mass is 932 g/mol. The van der Waals surface area contributed by atoms with Gasteiger partial charge in [-0.3, -0.25) is 0 Å². The Morgan fingerprint density at radius 1 is 0.431 bits per heavy atom. The van der Waals surface area contributed by atoms with Crippen LogP contribution >= 0.6 is 0 Å². The Labute approximate surface area is 426 Å². The Bertz CT molecular complexity index is 3890. The lowest BCUT2D eigenvalue weighted by Gasteiger charge is -2.45. The molecule has 0 saturated heterocycles. The van der Waals surface area contributed by atoms with Gasteiger partial charge in [0.05, 0.1) is 22.4 Å². The van der Waals surface area contributed by atoms with E-state index in [9.17, 15) is 0 Å². The first-order chi connectivity index (χ1) is 34.5. The van der Waals surface area contributed by atoms with Gasteiger partial charge >= 0.3 is 0 Å². The van der Waals surface area contributed by atoms with Gasteiger partial charge in [-0.2, -0.15) is 0 Å². The van der Waals surface area contributed by atoms with Crippen LogP contribution < -0.4 is 26.2 Å². The quantitative estimate of drug-likeness (QED) is 0.163. The molecule has 0 saturated carbocycles. The Morgan fingerprint density at radius 2 is 1.00 bits per heavy atom. The Kier molecular flexibility index (Phi) is 9.69. The zero-order valence-electron chi connectivity index (χ0n) is 43.7. The number of fused-ring (bicyclic) bond motifs is 10. The molecule has 1 aromatic heterocycles. The summed E-state index contributed by atoms with van der Waals surface area (Å²) in [6, 6.07) is 63.5. The average Bonchev–Trinajstić information content (AvgIpc) is 3.88. The minimum atomic E-state index is -0.0484. The third-order valence-electron chi connectivity index (χ3n) is 16.4. The molecule has 0 unspecified atom stereocenters. The first kappa shape index (κ1) is 44.4. The van der Waals surface area contributed by atoms with Gasteiger partial charge in [-0.25, -0.2) is 0 Å². The van der Waals surface area contributed by atoms with Gasteiger partial charge in [0.25, 0.3) is 6.71 Å². The molecule has 3 nitrogen and oxygen atoms in total. The molecule has 2 aliphatic heterocycles. The molecule has 0 radical (unpaired) electrons. The molecule has 0 atom stereocenters. The van der Waals surface area contributed by atoms with Gasteiger partial charge < -0.3 is 14.4 Å². The zero-order valence-corrected chi connectivity index (χ0v) is 43.7. The molecule has 0 N–H and O–H groups in total. The summed E-state index contributed by atoms with van der Waals surface area (Å²) in [5, 5.41) is 2.58. The summed E-state index contributed by atoms with van der Waals surface area (Å²) in [6.07, 6.45) is 0.978. The highest BCUT2D eigenvalue weighted by atomic mass is 15.2. The zero-order chi connectivity index (χ0) is 49.7. The van der Waals surface area contributed by atoms with Crippen LogP contribution in [0.3, 0.4) is 0 Å². The lowest BCUT2D eigenvalue weighted by atomic mass is 9.33. The molecule has 352 valence electrons. The molecule has 3 aliphatic rings. The van der Waals surface area contributed by atoms with Gasteiger partial charge in [-0.1, -0.05) is 157 Å². The summed E-state index contributed by atoms with van der Waals surface area (Å²) >= 11 is 0. The number of aromatic nitrogens is 1. The molecule has 13 rings (SSSR count). The second-order valence-electron chi connectivity index (χ2n) is 23.3. The summed E-state index contributed by atoms with van der Waals surface area (Å²) < 4.78 is 2.57. The predicted octanol–water partition coefficient (Wildman–Crippen LogP) is 16.2. The molecular formula is C68H62BN3. The largest absolute Gasteiger partial charge is 0.311 e. The normalized spacial score (nSPS) is 13.6. The highest BCUT2D eigenvalue weighted by Gasteiger charge is 2.45. The van der Waals surface area contributed by atoms with Gasteiger partial charge in [0, 0.05) is 39.2 Å². The van der Waals surface area contributed by atoms with E-state index in [-0.39, 0.29) is 17.5 Å². The van der Waals surface area contributed by atoms with Crippen LogP contribution in [-0.2, 0) is 17.3 Å². The van der Waals surface area contributed by atoms with E-state index < -0.39 is 0 Å². The van der Waals surface area contributed by atoms with E-state index in [1.54, 1.807) is 0 Å². The smallest absolute Gasteiger partial charge is 0.252 e. The van der Waals surface area contributed by atoms with Gasteiger partial charge in [0.2, 0.25) is 0 Å². The molecule has 0 fully saturated rings. The van der Waals surface area contributed by atoms with Crippen molar-refractivity contribution in [3.63, 3.8) is 0 Å². The topological polar surface area (TPSA) is 11.4 Å². The van der Waals surface area contributed by atoms with Crippen molar-refractivity contribution in [1.29, 1.82) is 0 Å². The molecule has 10 aromatic rings. The molecule has 72 heavy (non-hydrogen) atoms. The maximum atomic E-state index is 2.61. The van der Waals surface area contributed by atoms with Crippen LogP contribution in [0.5, 0.6) is 0 Å². The van der Waals surface area contributed by atoms with Gasteiger partial charge in [-0.15, -0.1) is 0 Å². The second-order valence-corrected chi connectivity index (χ2v) is 23.3. The number of hydrogen-bond donors (Lipinski definition) is 0. The fraction of sp³-hybridized carbons (Fsp3) is 0.206. The fourth-order valence-corrected chi connectivity index (χ4v) is 12.9. The van der Waals surface area contributed by atoms with Gasteiger partial charge in [0.1, 0.15) is 0 Å². The van der Waals surface area contributed by atoms with Crippen molar-refractivity contribution in [3.05, 3.63) is 214 Å². The predicted molar refractivity (Wildman–Crippen MR) is 310 cm³/mol. The molecule has 3 heterocycles. The Hall–Kier alpha value is -7.56. The van der Waals surface area contributed by atoms with Crippen molar-refractivity contribution >= 4 is 79.0 Å². The van der Waals surface area contributed by atoms with E-state index in [4.69, 9.17) is 0 Å². The summed E-state index contributed by atoms with van der Waals surface area (Å²) in [4.78, 5) is 5.22. The van der Waals surface area contributed by atoms with Crippen molar-refractivity contribution in [2.45, 2.75) is 93.4 Å². The third kappa shape index (κ3) is 6.57. The first-order valence-electron chi connectivity index (χ1n) is 26.0. The summed E-state index contributed by atoms with van der Waals surface area (Å²) in [5.41, 5.74) is 32.1. The summed E-state index contributed by atoms with van der Waals surface area (Å²) in [7, 11) is 0. The lowest BCUT2D eigenvalue weighted by Crippen LogP contribution is -2.61. The minimum absolute atomic E-state index is 0.0178. The SMILES string of the molecule is Cc1cc2c3c(c1)N(c1c(C)cccc1C)c1ccc(C(C)(C)C)cc1B3c1cc3c4cc(C(C)(C)C)ccc4n(-c4c(C)cccc4C)c3cc1N2c1ccc(-c2cccc3c2-c2ccccc2C3)cc1. The van der Waals surface area contributed by atoms with Crippen molar-refractivity contribution in [3.8, 4) is 27.9 Å². The van der Waals surface area contributed by atoms with E-state index in [1.165, 1.54) is 145 Å². The van der Waals surface area contributed by atoms with Crippen LogP contribution in [0.25, 0.3) is 49.7 Å². The van der Waals surface area contributed by atoms with Crippen molar-refractivity contribution < 1.29 is 0 Å². The molecule has 9 aromatic carbocycles. The van der Waals surface area contributed by atoms with E-state index >= 15 is 0 Å². The summed E-state index contributed by atoms with van der Waals surface area (Å²) in [6.45, 7) is 25.4. The number of nitrogens with zero attached hydrogens (tertiary/aromatic N) is 3. The van der Waals surface area contributed by atoms with Gasteiger partial charge in [0.15, 0.2) is 0 Å². The van der Waals surface area contributed by atoms with E-state index in [1.807, 2.05) is 0 Å². The average molecular weight is 932 g/mol. The van der Waals surface area contributed by atoms with E-state index in [0.29, 0.717) is 0 Å². The molecule has 1 aliphatic carbocycles. The van der Waals surface area contributed by atoms with Crippen LogP contribution in [0.4, 0.5) is 34.1 Å². The number of anilines is 6. The Morgan fingerprint density at radius 3 is 1.69 bits per heavy atom. The first-order valence-corrected chi connectivity index (χ1v) is 26.0. The number of aryl methyl sites for hydroxylation is 5. The van der Waals surface area contributed by atoms with Crippen molar-refractivity contribution in [1.82, 2.24) is 4.57 Å². The number of para-hydroxylation sites is 2. The van der Waals surface area contributed by atoms with Crippen molar-refractivity contribution in [2.24, 2.45) is 0 Å². The number of hydrogen-bond acceptors (Lipinski definition) is 2. The van der Waals surface area contributed by atoms with Crippen molar-refractivity contribution in [2.75, 3.05) is 9.80 Å². The molecular weight excluding hydrogens is 870 g/mol. The molecule has 0 spiro atoms. The van der Waals surface area contributed by atoms with Crippen LogP contribution in [-0.4, -0.2) is 11.3 Å². The third-order valence-corrected chi connectivity index (χ3v) is 16.4. The summed E-state index contributed by atoms with van der Waals surface area (Å²) in [5.74, 6) is 0. The second kappa shape index (κ2) is 15.7. The Balaban J connectivity index is 1.14. The highest BCUT2D eigenvalue weighted by molar-refractivity contribution is 7.00. The highest BCUT2D eigenvalue weighted by Crippen LogP contribution is 2.49. The minimum Gasteiger partial charge on any atom is -0.311 e. The number of rotatable bonds is 4. The maximum absolute atomic E-state index is 2.61. The molecule has 0 bridgehead atoms. The lowest BCUT2D eigenvalue weighted by molar-refractivity contribution is 0.590. The van der Waals surface area contributed by atoms with Crippen LogP contribution in [0.2, 0.25) is 0 Å². The number of benzene rings is 9. The van der Waals surface area contributed by atoms with E-state index in [2.05, 4.69) is 254 Å². The van der Waals surface area contributed by atoms with Crippen LogP contribution in [0.15, 0.2) is 164 Å². The van der Waals surface area contributed by atoms with Crippen LogP contribution in [0, 0.1) is 34.6 Å². The fourth-order valence-electron chi connectivity index (χ4n) is 12.9. The molecule has 4 heteroatoms.